The van der Waals surface area contributed by atoms with Gasteiger partial charge in [0.2, 0.25) is 0 Å². The number of hydrogen-bond donors (Lipinski definition) is 2. The summed E-state index contributed by atoms with van der Waals surface area (Å²) < 4.78 is 12.7. The van der Waals surface area contributed by atoms with Crippen LogP contribution in [0, 0.1) is 6.92 Å². The second-order valence-electron chi connectivity index (χ2n) is 5.56. The number of benzene rings is 2. The molecule has 0 radical (unpaired) electrons. The molecule has 0 unspecified atom stereocenters. The van der Waals surface area contributed by atoms with Crippen molar-refractivity contribution in [1.82, 2.24) is 14.8 Å². The Morgan fingerprint density at radius 1 is 1.04 bits per heavy atom. The van der Waals surface area contributed by atoms with Crippen LogP contribution in [0.5, 0.6) is 11.5 Å². The Balaban J connectivity index is 2.01. The number of ether oxygens (including phenoxy) is 2. The van der Waals surface area contributed by atoms with E-state index in [-0.39, 0.29) is 0 Å². The molecule has 0 aliphatic rings. The van der Waals surface area contributed by atoms with Gasteiger partial charge in [0.25, 0.3) is 0 Å². The van der Waals surface area contributed by atoms with Crippen molar-refractivity contribution in [2.75, 3.05) is 19.6 Å². The van der Waals surface area contributed by atoms with E-state index >= 15 is 0 Å². The van der Waals surface area contributed by atoms with Gasteiger partial charge in [-0.1, -0.05) is 12.1 Å². The monoisotopic (exact) mass is 339 g/mol. The van der Waals surface area contributed by atoms with Crippen LogP contribution in [-0.4, -0.2) is 29.0 Å². The molecule has 7 heteroatoms. The quantitative estimate of drug-likeness (QED) is 0.530. The number of aromatic nitrogens is 3. The van der Waals surface area contributed by atoms with Crippen molar-refractivity contribution in [3.63, 3.8) is 0 Å². The molecule has 3 rings (SSSR count). The number of nitrogens with two attached hydrogens (primary N) is 1. The zero-order valence-electron chi connectivity index (χ0n) is 14.5. The molecule has 3 N–H and O–H groups in total. The first kappa shape index (κ1) is 16.8. The summed E-state index contributed by atoms with van der Waals surface area (Å²) in [5.41, 5.74) is 5.37. The second kappa shape index (κ2) is 7.23. The van der Waals surface area contributed by atoms with Gasteiger partial charge in [-0.2, -0.15) is 0 Å². The predicted molar refractivity (Wildman–Crippen MR) is 96.7 cm³/mol. The van der Waals surface area contributed by atoms with Crippen molar-refractivity contribution in [2.45, 2.75) is 13.5 Å². The molecule has 25 heavy (non-hydrogen) atoms. The average Bonchev–Trinajstić information content (AvgIpc) is 3.02. The van der Waals surface area contributed by atoms with Crippen molar-refractivity contribution in [1.29, 1.82) is 0 Å². The number of methoxy groups -OCH3 is 2. The van der Waals surface area contributed by atoms with Crippen molar-refractivity contribution in [3.05, 3.63) is 53.9 Å². The van der Waals surface area contributed by atoms with E-state index in [0.29, 0.717) is 12.3 Å². The van der Waals surface area contributed by atoms with E-state index in [1.54, 1.807) is 14.2 Å². The minimum Gasteiger partial charge on any atom is -0.497 e. The maximum Gasteiger partial charge on any atom is 0.168 e. The number of anilines is 1. The standard InChI is InChI=1S/C18H21N5O2/c1-12-21-22-18(16-10-14(20-19)6-9-17(16)25-3)23(12)11-13-4-7-15(24-2)8-5-13/h4-10,20H,11,19H2,1-3H3. The van der Waals surface area contributed by atoms with Gasteiger partial charge < -0.3 is 19.5 Å². The van der Waals surface area contributed by atoms with E-state index in [2.05, 4.69) is 15.6 Å². The molecule has 1 heterocycles. The van der Waals surface area contributed by atoms with Gasteiger partial charge in [-0.25, -0.2) is 0 Å². The number of hydrazine groups is 1. The number of hydrogen-bond acceptors (Lipinski definition) is 6. The van der Waals surface area contributed by atoms with Gasteiger partial charge in [0, 0.05) is 5.69 Å². The summed E-state index contributed by atoms with van der Waals surface area (Å²) in [5, 5.41) is 8.57. The van der Waals surface area contributed by atoms with Gasteiger partial charge in [0.1, 0.15) is 17.3 Å². The molecule has 1 aromatic heterocycles. The summed E-state index contributed by atoms with van der Waals surface area (Å²) in [6.07, 6.45) is 0. The van der Waals surface area contributed by atoms with Crippen molar-refractivity contribution in [2.24, 2.45) is 5.84 Å². The van der Waals surface area contributed by atoms with Crippen LogP contribution in [0.4, 0.5) is 5.69 Å². The Labute approximate surface area is 146 Å². The van der Waals surface area contributed by atoms with E-state index in [0.717, 1.165) is 34.2 Å². The third-order valence-corrected chi connectivity index (χ3v) is 4.04. The number of aryl methyl sites for hydroxylation is 1. The molecular weight excluding hydrogens is 318 g/mol. The third kappa shape index (κ3) is 3.41. The van der Waals surface area contributed by atoms with Crippen LogP contribution in [0.1, 0.15) is 11.4 Å². The molecule has 0 saturated heterocycles. The summed E-state index contributed by atoms with van der Waals surface area (Å²) in [6.45, 7) is 2.57. The van der Waals surface area contributed by atoms with Gasteiger partial charge >= 0.3 is 0 Å². The summed E-state index contributed by atoms with van der Waals surface area (Å²) in [4.78, 5) is 0. The molecule has 0 spiro atoms. The Hall–Kier alpha value is -3.06. The molecule has 0 atom stereocenters. The first-order valence-electron chi connectivity index (χ1n) is 7.84. The SMILES string of the molecule is COc1ccc(Cn2c(C)nnc2-c2cc(NN)ccc2OC)cc1. The molecule has 130 valence electrons. The third-order valence-electron chi connectivity index (χ3n) is 4.04. The largest absolute Gasteiger partial charge is 0.497 e. The molecule has 0 fully saturated rings. The van der Waals surface area contributed by atoms with E-state index in [4.69, 9.17) is 15.3 Å². The van der Waals surface area contributed by atoms with Crippen molar-refractivity contribution >= 4 is 5.69 Å². The Morgan fingerprint density at radius 2 is 1.80 bits per heavy atom. The normalized spacial score (nSPS) is 10.6. The fraction of sp³-hybridized carbons (Fsp3) is 0.222. The first-order valence-corrected chi connectivity index (χ1v) is 7.84. The van der Waals surface area contributed by atoms with Crippen LogP contribution in [0.25, 0.3) is 11.4 Å². The summed E-state index contributed by atoms with van der Waals surface area (Å²) in [7, 11) is 3.28. The second-order valence-corrected chi connectivity index (χ2v) is 5.56. The molecule has 0 saturated carbocycles. The molecule has 0 aliphatic heterocycles. The number of nitrogen functional groups attached to an aromatic ring is 1. The minimum atomic E-state index is 0.640. The number of nitrogens with zero attached hydrogens (tertiary/aromatic N) is 3. The smallest absolute Gasteiger partial charge is 0.168 e. The van der Waals surface area contributed by atoms with E-state index in [1.807, 2.05) is 54.0 Å². The first-order chi connectivity index (χ1) is 12.2. The van der Waals surface area contributed by atoms with Crippen LogP contribution in [0.15, 0.2) is 42.5 Å². The average molecular weight is 339 g/mol. The van der Waals surface area contributed by atoms with Crippen LogP contribution in [-0.2, 0) is 6.54 Å². The predicted octanol–water partition coefficient (Wildman–Crippen LogP) is 2.60. The zero-order chi connectivity index (χ0) is 17.8. The summed E-state index contributed by atoms with van der Waals surface area (Å²) in [6, 6.07) is 13.5. The molecule has 0 bridgehead atoms. The Kier molecular flexibility index (Phi) is 4.85. The van der Waals surface area contributed by atoms with E-state index in [9.17, 15) is 0 Å². The topological polar surface area (TPSA) is 87.2 Å². The van der Waals surface area contributed by atoms with Gasteiger partial charge in [0.15, 0.2) is 5.82 Å². The van der Waals surface area contributed by atoms with E-state index in [1.165, 1.54) is 0 Å². The van der Waals surface area contributed by atoms with Crippen molar-refractivity contribution < 1.29 is 9.47 Å². The van der Waals surface area contributed by atoms with Crippen LogP contribution < -0.4 is 20.7 Å². The lowest BCUT2D eigenvalue weighted by molar-refractivity contribution is 0.414. The summed E-state index contributed by atoms with van der Waals surface area (Å²) >= 11 is 0. The maximum atomic E-state index is 5.54. The number of nitrogens with one attached hydrogen (secondary N) is 1. The molecule has 7 nitrogen and oxygen atoms in total. The molecule has 2 aromatic carbocycles. The maximum absolute atomic E-state index is 5.54. The minimum absolute atomic E-state index is 0.640. The Bertz CT molecular complexity index is 858. The fourth-order valence-corrected chi connectivity index (χ4v) is 2.66. The Morgan fingerprint density at radius 3 is 2.44 bits per heavy atom. The van der Waals surface area contributed by atoms with Crippen LogP contribution >= 0.6 is 0 Å². The lowest BCUT2D eigenvalue weighted by atomic mass is 10.1. The van der Waals surface area contributed by atoms with Gasteiger partial charge in [0.05, 0.1) is 26.3 Å². The fourth-order valence-electron chi connectivity index (χ4n) is 2.66. The molecular formula is C18H21N5O2. The van der Waals surface area contributed by atoms with Gasteiger partial charge in [-0.05, 0) is 42.8 Å². The lowest BCUT2D eigenvalue weighted by Gasteiger charge is -2.13. The molecule has 3 aromatic rings. The lowest BCUT2D eigenvalue weighted by Crippen LogP contribution is -2.08. The summed E-state index contributed by atoms with van der Waals surface area (Å²) in [5.74, 6) is 8.62. The number of rotatable bonds is 6. The zero-order valence-corrected chi connectivity index (χ0v) is 14.5. The highest BCUT2D eigenvalue weighted by Gasteiger charge is 2.16. The van der Waals surface area contributed by atoms with Crippen LogP contribution in [0.2, 0.25) is 0 Å². The molecule has 0 aliphatic carbocycles. The van der Waals surface area contributed by atoms with Crippen LogP contribution in [0.3, 0.4) is 0 Å². The van der Waals surface area contributed by atoms with Gasteiger partial charge in [-0.15, -0.1) is 10.2 Å². The highest BCUT2D eigenvalue weighted by atomic mass is 16.5. The molecule has 0 amide bonds. The van der Waals surface area contributed by atoms with Crippen molar-refractivity contribution in [3.8, 4) is 22.9 Å². The van der Waals surface area contributed by atoms with E-state index < -0.39 is 0 Å². The van der Waals surface area contributed by atoms with Gasteiger partial charge in [-0.3, -0.25) is 5.84 Å². The highest BCUT2D eigenvalue weighted by molar-refractivity contribution is 5.70. The highest BCUT2D eigenvalue weighted by Crippen LogP contribution is 2.32.